The van der Waals surface area contributed by atoms with Crippen LogP contribution in [-0.2, 0) is 20.7 Å². The summed E-state index contributed by atoms with van der Waals surface area (Å²) in [5.41, 5.74) is 1.26. The lowest BCUT2D eigenvalue weighted by Gasteiger charge is -2.09. The van der Waals surface area contributed by atoms with E-state index < -0.39 is 0 Å². The summed E-state index contributed by atoms with van der Waals surface area (Å²) in [6, 6.07) is 10.2. The number of hydrogen-bond acceptors (Lipinski definition) is 3. The number of carbonyl (C=O) groups excluding carboxylic acids is 1. The highest BCUT2D eigenvalue weighted by atomic mass is 16.6. The van der Waals surface area contributed by atoms with Crippen molar-refractivity contribution in [2.45, 2.75) is 19.4 Å². The normalized spacial score (nSPS) is 19.7. The first kappa shape index (κ1) is 12.8. The summed E-state index contributed by atoms with van der Waals surface area (Å²) >= 11 is 0. The van der Waals surface area contributed by atoms with Crippen molar-refractivity contribution in [2.24, 2.45) is 5.92 Å². The third-order valence-corrected chi connectivity index (χ3v) is 2.92. The number of ether oxygens (including phenoxy) is 2. The van der Waals surface area contributed by atoms with Gasteiger partial charge >= 0.3 is 5.97 Å². The van der Waals surface area contributed by atoms with E-state index in [9.17, 15) is 4.79 Å². The molecule has 1 heterocycles. The van der Waals surface area contributed by atoms with Crippen LogP contribution in [0.3, 0.4) is 0 Å². The van der Waals surface area contributed by atoms with Crippen LogP contribution in [0.5, 0.6) is 0 Å². The van der Waals surface area contributed by atoms with Gasteiger partial charge in [-0.3, -0.25) is 0 Å². The minimum Gasteiger partial charge on any atom is -0.463 e. The Morgan fingerprint density at radius 2 is 2.22 bits per heavy atom. The van der Waals surface area contributed by atoms with Crippen LogP contribution in [0.4, 0.5) is 0 Å². The molecule has 0 aliphatic carbocycles. The fraction of sp³-hybridized carbons (Fsp3) is 0.400. The van der Waals surface area contributed by atoms with Crippen LogP contribution >= 0.6 is 0 Å². The zero-order valence-corrected chi connectivity index (χ0v) is 10.5. The molecule has 3 nitrogen and oxygen atoms in total. The Labute approximate surface area is 107 Å². The monoisotopic (exact) mass is 246 g/mol. The van der Waals surface area contributed by atoms with Gasteiger partial charge < -0.3 is 9.47 Å². The summed E-state index contributed by atoms with van der Waals surface area (Å²) in [7, 11) is 0. The average Bonchev–Trinajstić information content (AvgIpc) is 3.20. The van der Waals surface area contributed by atoms with Crippen molar-refractivity contribution < 1.29 is 14.3 Å². The maximum atomic E-state index is 11.3. The molecule has 1 aliphatic heterocycles. The van der Waals surface area contributed by atoms with E-state index in [2.05, 4.69) is 12.1 Å². The molecule has 0 bridgehead atoms. The fourth-order valence-electron chi connectivity index (χ4n) is 1.90. The van der Waals surface area contributed by atoms with E-state index in [1.165, 1.54) is 11.6 Å². The molecule has 1 saturated heterocycles. The molecule has 2 rings (SSSR count). The third kappa shape index (κ3) is 4.00. The lowest BCUT2D eigenvalue weighted by Crippen LogP contribution is -2.10. The first-order valence-electron chi connectivity index (χ1n) is 6.30. The SMILES string of the molecule is CCOC(=O)/C=C/[C@@H](Cc1ccccc1)[C@H]1CO1. The predicted octanol–water partition coefficient (Wildman–Crippen LogP) is 2.36. The molecule has 0 unspecified atom stereocenters. The summed E-state index contributed by atoms with van der Waals surface area (Å²) in [6.45, 7) is 2.99. The topological polar surface area (TPSA) is 38.8 Å². The van der Waals surface area contributed by atoms with Crippen LogP contribution in [0.2, 0.25) is 0 Å². The molecular weight excluding hydrogens is 228 g/mol. The van der Waals surface area contributed by atoms with E-state index >= 15 is 0 Å². The Morgan fingerprint density at radius 1 is 1.50 bits per heavy atom. The van der Waals surface area contributed by atoms with E-state index in [1.54, 1.807) is 6.92 Å². The molecule has 0 saturated carbocycles. The van der Waals surface area contributed by atoms with E-state index in [0.717, 1.165) is 13.0 Å². The first-order chi connectivity index (χ1) is 8.79. The van der Waals surface area contributed by atoms with Crippen LogP contribution in [0.1, 0.15) is 12.5 Å². The van der Waals surface area contributed by atoms with Crippen LogP contribution in [0.25, 0.3) is 0 Å². The predicted molar refractivity (Wildman–Crippen MR) is 69.1 cm³/mol. The van der Waals surface area contributed by atoms with E-state index in [-0.39, 0.29) is 18.0 Å². The summed E-state index contributed by atoms with van der Waals surface area (Å²) in [5.74, 6) is -0.0342. The second-order valence-electron chi connectivity index (χ2n) is 4.34. The van der Waals surface area contributed by atoms with Crippen LogP contribution in [0, 0.1) is 5.92 Å². The number of epoxide rings is 1. The molecule has 0 N–H and O–H groups in total. The molecule has 18 heavy (non-hydrogen) atoms. The molecule has 2 atom stereocenters. The minimum atomic E-state index is -0.281. The minimum absolute atomic E-state index is 0.246. The Morgan fingerprint density at radius 3 is 2.83 bits per heavy atom. The number of carbonyl (C=O) groups is 1. The van der Waals surface area contributed by atoms with Gasteiger partial charge in [0.15, 0.2) is 0 Å². The summed E-state index contributed by atoms with van der Waals surface area (Å²) in [5, 5.41) is 0. The molecular formula is C15H18O3. The lowest BCUT2D eigenvalue weighted by atomic mass is 9.96. The third-order valence-electron chi connectivity index (χ3n) is 2.92. The molecule has 0 amide bonds. The summed E-state index contributed by atoms with van der Waals surface area (Å²) in [4.78, 5) is 11.3. The second kappa shape index (κ2) is 6.36. The fourth-order valence-corrected chi connectivity index (χ4v) is 1.90. The van der Waals surface area contributed by atoms with E-state index in [0.29, 0.717) is 6.61 Å². The zero-order valence-electron chi connectivity index (χ0n) is 10.5. The quantitative estimate of drug-likeness (QED) is 0.439. The van der Waals surface area contributed by atoms with Gasteiger partial charge in [-0.1, -0.05) is 36.4 Å². The molecule has 0 radical (unpaired) electrons. The molecule has 1 aromatic carbocycles. The molecule has 1 aromatic rings. The molecule has 1 fully saturated rings. The molecule has 0 spiro atoms. The average molecular weight is 246 g/mol. The van der Waals surface area contributed by atoms with Crippen LogP contribution in [0.15, 0.2) is 42.5 Å². The number of benzene rings is 1. The lowest BCUT2D eigenvalue weighted by molar-refractivity contribution is -0.137. The standard InChI is InChI=1S/C15H18O3/c1-2-17-15(16)9-8-13(14-11-18-14)10-12-6-4-3-5-7-12/h3-9,13-14H,2,10-11H2,1H3/b9-8+/t13-,14+/m0/s1. The van der Waals surface area contributed by atoms with Gasteiger partial charge in [0.05, 0.1) is 19.3 Å². The maximum Gasteiger partial charge on any atom is 0.330 e. The van der Waals surface area contributed by atoms with Crippen molar-refractivity contribution >= 4 is 5.97 Å². The van der Waals surface area contributed by atoms with Gasteiger partial charge in [0.1, 0.15) is 0 Å². The van der Waals surface area contributed by atoms with Crippen molar-refractivity contribution in [1.82, 2.24) is 0 Å². The van der Waals surface area contributed by atoms with Crippen molar-refractivity contribution in [3.05, 3.63) is 48.0 Å². The Hall–Kier alpha value is -1.61. The second-order valence-corrected chi connectivity index (χ2v) is 4.34. The van der Waals surface area contributed by atoms with Crippen molar-refractivity contribution in [3.63, 3.8) is 0 Å². The van der Waals surface area contributed by atoms with Crippen molar-refractivity contribution in [3.8, 4) is 0 Å². The first-order valence-corrected chi connectivity index (χ1v) is 6.30. The Kier molecular flexibility index (Phi) is 4.53. The highest BCUT2D eigenvalue weighted by Gasteiger charge is 2.31. The Bertz CT molecular complexity index is 407. The van der Waals surface area contributed by atoms with Gasteiger partial charge in [-0.25, -0.2) is 4.79 Å². The zero-order chi connectivity index (χ0) is 12.8. The summed E-state index contributed by atoms with van der Waals surface area (Å²) in [6.07, 6.45) is 4.55. The molecule has 96 valence electrons. The van der Waals surface area contributed by atoms with E-state index in [1.807, 2.05) is 24.3 Å². The number of hydrogen-bond donors (Lipinski definition) is 0. The summed E-state index contributed by atoms with van der Waals surface area (Å²) < 4.78 is 10.2. The maximum absolute atomic E-state index is 11.3. The van der Waals surface area contributed by atoms with Crippen molar-refractivity contribution in [1.29, 1.82) is 0 Å². The van der Waals surface area contributed by atoms with Gasteiger partial charge in [0.25, 0.3) is 0 Å². The number of esters is 1. The van der Waals surface area contributed by atoms with Gasteiger partial charge in [-0.15, -0.1) is 0 Å². The van der Waals surface area contributed by atoms with Crippen LogP contribution in [-0.4, -0.2) is 25.3 Å². The Balaban J connectivity index is 1.94. The smallest absolute Gasteiger partial charge is 0.330 e. The van der Waals surface area contributed by atoms with Gasteiger partial charge in [0, 0.05) is 12.0 Å². The molecule has 1 aliphatic rings. The number of rotatable bonds is 6. The molecule has 0 aromatic heterocycles. The van der Waals surface area contributed by atoms with Gasteiger partial charge in [-0.2, -0.15) is 0 Å². The van der Waals surface area contributed by atoms with E-state index in [4.69, 9.17) is 9.47 Å². The molecule has 3 heteroatoms. The highest BCUT2D eigenvalue weighted by molar-refractivity contribution is 5.81. The van der Waals surface area contributed by atoms with Gasteiger partial charge in [0.2, 0.25) is 0 Å². The van der Waals surface area contributed by atoms with Gasteiger partial charge in [-0.05, 0) is 18.9 Å². The van der Waals surface area contributed by atoms with Crippen LogP contribution < -0.4 is 0 Å². The van der Waals surface area contributed by atoms with Crippen molar-refractivity contribution in [2.75, 3.05) is 13.2 Å². The largest absolute Gasteiger partial charge is 0.463 e. The highest BCUT2D eigenvalue weighted by Crippen LogP contribution is 2.25.